The highest BCUT2D eigenvalue weighted by Crippen LogP contribution is 2.26. The maximum absolute atomic E-state index is 12.3. The van der Waals surface area contributed by atoms with E-state index in [0.29, 0.717) is 10.2 Å². The third-order valence-corrected chi connectivity index (χ3v) is 5.13. The molecule has 1 rings (SSSR count). The minimum atomic E-state index is -3.56. The van der Waals surface area contributed by atoms with E-state index in [-0.39, 0.29) is 29.9 Å². The number of ether oxygens (including phenoxy) is 1. The van der Waals surface area contributed by atoms with Crippen molar-refractivity contribution < 1.29 is 13.2 Å². The van der Waals surface area contributed by atoms with Crippen LogP contribution >= 0.6 is 28.3 Å². The van der Waals surface area contributed by atoms with E-state index in [1.165, 1.54) is 30.6 Å². The molecule has 0 aliphatic heterocycles. The molecule has 1 aromatic rings. The van der Waals surface area contributed by atoms with Crippen LogP contribution in [-0.2, 0) is 10.0 Å². The lowest BCUT2D eigenvalue weighted by Crippen LogP contribution is -2.39. The fourth-order valence-electron chi connectivity index (χ4n) is 1.36. The van der Waals surface area contributed by atoms with Crippen LogP contribution in [0.3, 0.4) is 0 Å². The van der Waals surface area contributed by atoms with Gasteiger partial charge < -0.3 is 10.5 Å². The van der Waals surface area contributed by atoms with Crippen LogP contribution in [0.1, 0.15) is 6.92 Å². The summed E-state index contributed by atoms with van der Waals surface area (Å²) in [6, 6.07) is 4.46. The molecule has 2 N–H and O–H groups in total. The monoisotopic (exact) mass is 372 g/mol. The fourth-order valence-corrected chi connectivity index (χ4v) is 3.41. The van der Waals surface area contributed by atoms with Crippen molar-refractivity contribution in [3.05, 3.63) is 22.7 Å². The molecular weight excluding hydrogens is 356 g/mol. The molecule has 0 radical (unpaired) electrons. The van der Waals surface area contributed by atoms with Crippen molar-refractivity contribution in [3.8, 4) is 5.75 Å². The number of nitrogens with zero attached hydrogens (tertiary/aromatic N) is 1. The summed E-state index contributed by atoms with van der Waals surface area (Å²) in [4.78, 5) is 0.177. The average molecular weight is 374 g/mol. The van der Waals surface area contributed by atoms with Gasteiger partial charge in [-0.25, -0.2) is 8.42 Å². The highest BCUT2D eigenvalue weighted by atomic mass is 79.9. The highest BCUT2D eigenvalue weighted by molar-refractivity contribution is 9.10. The Bertz CT molecular complexity index is 525. The van der Waals surface area contributed by atoms with Gasteiger partial charge in [0.15, 0.2) is 0 Å². The lowest BCUT2D eigenvalue weighted by molar-refractivity contribution is 0.392. The number of halogens is 2. The van der Waals surface area contributed by atoms with Gasteiger partial charge in [-0.05, 0) is 19.1 Å². The van der Waals surface area contributed by atoms with E-state index in [0.717, 1.165) is 0 Å². The summed E-state index contributed by atoms with van der Waals surface area (Å²) in [5, 5.41) is 0. The number of likely N-dealkylation sites (N-methyl/N-ethyl adjacent to an activating group) is 1. The van der Waals surface area contributed by atoms with E-state index in [4.69, 9.17) is 10.5 Å². The van der Waals surface area contributed by atoms with E-state index < -0.39 is 10.0 Å². The maximum Gasteiger partial charge on any atom is 0.243 e. The van der Waals surface area contributed by atoms with Crippen LogP contribution in [0, 0.1) is 0 Å². The normalized spacial score (nSPS) is 12.9. The van der Waals surface area contributed by atoms with Crippen LogP contribution in [-0.4, -0.2) is 39.5 Å². The number of rotatable bonds is 5. The largest absolute Gasteiger partial charge is 0.497 e. The first-order valence-corrected chi connectivity index (χ1v) is 7.59. The number of benzene rings is 1. The maximum atomic E-state index is 12.3. The molecule has 0 saturated heterocycles. The number of nitrogens with two attached hydrogens (primary N) is 1. The summed E-state index contributed by atoms with van der Waals surface area (Å²) in [5.74, 6) is 0.483. The molecular formula is C11H18BrClN2O3S. The zero-order valence-electron chi connectivity index (χ0n) is 11.0. The minimum Gasteiger partial charge on any atom is -0.497 e. The van der Waals surface area contributed by atoms with Gasteiger partial charge in [0.05, 0.1) is 12.0 Å². The number of methoxy groups -OCH3 is 1. The van der Waals surface area contributed by atoms with Crippen molar-refractivity contribution in [1.29, 1.82) is 0 Å². The minimum absolute atomic E-state index is 0. The standard InChI is InChI=1S/C11H17BrN2O3S.ClH/c1-8(7-13)14(2)18(15,16)11-5-9(12)4-10(6-11)17-3;/h4-6,8H,7,13H2,1-3H3;1H. The smallest absolute Gasteiger partial charge is 0.243 e. The Hall–Kier alpha value is -0.340. The van der Waals surface area contributed by atoms with Crippen molar-refractivity contribution in [1.82, 2.24) is 4.31 Å². The molecule has 0 fully saturated rings. The molecule has 110 valence electrons. The van der Waals surface area contributed by atoms with Crippen LogP contribution in [0.25, 0.3) is 0 Å². The quantitative estimate of drug-likeness (QED) is 0.855. The third kappa shape index (κ3) is 4.32. The molecule has 0 amide bonds. The van der Waals surface area contributed by atoms with Crippen molar-refractivity contribution in [3.63, 3.8) is 0 Å². The van der Waals surface area contributed by atoms with Crippen LogP contribution in [0.15, 0.2) is 27.6 Å². The highest BCUT2D eigenvalue weighted by Gasteiger charge is 2.25. The molecule has 8 heteroatoms. The second kappa shape index (κ2) is 7.44. The Morgan fingerprint density at radius 3 is 2.47 bits per heavy atom. The van der Waals surface area contributed by atoms with Crippen LogP contribution in [0.2, 0.25) is 0 Å². The second-order valence-electron chi connectivity index (χ2n) is 3.93. The summed E-state index contributed by atoms with van der Waals surface area (Å²) in [5.41, 5.74) is 5.49. The van der Waals surface area contributed by atoms with E-state index in [2.05, 4.69) is 15.9 Å². The van der Waals surface area contributed by atoms with E-state index in [1.54, 1.807) is 13.0 Å². The molecule has 0 bridgehead atoms. The zero-order chi connectivity index (χ0) is 13.9. The third-order valence-electron chi connectivity index (χ3n) is 2.72. The predicted octanol–water partition coefficient (Wildman–Crippen LogP) is 1.85. The van der Waals surface area contributed by atoms with Gasteiger partial charge in [0.2, 0.25) is 10.0 Å². The summed E-state index contributed by atoms with van der Waals surface area (Å²) < 4.78 is 31.7. The van der Waals surface area contributed by atoms with Gasteiger partial charge in [-0.3, -0.25) is 0 Å². The Balaban J connectivity index is 0.00000324. The van der Waals surface area contributed by atoms with Gasteiger partial charge in [0.25, 0.3) is 0 Å². The lowest BCUT2D eigenvalue weighted by atomic mass is 10.3. The van der Waals surface area contributed by atoms with E-state index >= 15 is 0 Å². The molecule has 1 atom stereocenters. The molecule has 1 aromatic carbocycles. The summed E-state index contributed by atoms with van der Waals surface area (Å²) in [6.45, 7) is 2.02. The predicted molar refractivity (Wildman–Crippen MR) is 81.4 cm³/mol. The molecule has 0 heterocycles. The van der Waals surface area contributed by atoms with Gasteiger partial charge in [-0.15, -0.1) is 12.4 Å². The van der Waals surface area contributed by atoms with Crippen LogP contribution < -0.4 is 10.5 Å². The Labute approximate surface area is 128 Å². The molecule has 1 unspecified atom stereocenters. The number of hydrogen-bond acceptors (Lipinski definition) is 4. The molecule has 0 aromatic heterocycles. The Morgan fingerprint density at radius 2 is 2.00 bits per heavy atom. The van der Waals surface area contributed by atoms with Crippen molar-refractivity contribution >= 4 is 38.4 Å². The molecule has 0 aliphatic carbocycles. The zero-order valence-corrected chi connectivity index (χ0v) is 14.2. The summed E-state index contributed by atoms with van der Waals surface area (Å²) >= 11 is 3.26. The molecule has 5 nitrogen and oxygen atoms in total. The molecule has 0 saturated carbocycles. The topological polar surface area (TPSA) is 72.6 Å². The van der Waals surface area contributed by atoms with Gasteiger partial charge >= 0.3 is 0 Å². The summed E-state index contributed by atoms with van der Waals surface area (Å²) in [7, 11) is -0.557. The van der Waals surface area contributed by atoms with Gasteiger partial charge in [-0.1, -0.05) is 15.9 Å². The van der Waals surface area contributed by atoms with Gasteiger partial charge in [0, 0.05) is 30.2 Å². The van der Waals surface area contributed by atoms with Crippen LogP contribution in [0.5, 0.6) is 5.75 Å². The number of sulfonamides is 1. The van der Waals surface area contributed by atoms with E-state index in [9.17, 15) is 8.42 Å². The van der Waals surface area contributed by atoms with Crippen LogP contribution in [0.4, 0.5) is 0 Å². The summed E-state index contributed by atoms with van der Waals surface area (Å²) in [6.07, 6.45) is 0. The second-order valence-corrected chi connectivity index (χ2v) is 6.85. The molecule has 19 heavy (non-hydrogen) atoms. The molecule has 0 aliphatic rings. The Kier molecular flexibility index (Phi) is 7.31. The number of hydrogen-bond donors (Lipinski definition) is 1. The van der Waals surface area contributed by atoms with Crippen molar-refractivity contribution in [2.75, 3.05) is 20.7 Å². The van der Waals surface area contributed by atoms with Crippen molar-refractivity contribution in [2.45, 2.75) is 17.9 Å². The fraction of sp³-hybridized carbons (Fsp3) is 0.455. The van der Waals surface area contributed by atoms with Crippen molar-refractivity contribution in [2.24, 2.45) is 5.73 Å². The van der Waals surface area contributed by atoms with Gasteiger partial charge in [0.1, 0.15) is 5.75 Å². The first kappa shape index (κ1) is 18.7. The first-order valence-electron chi connectivity index (χ1n) is 5.35. The lowest BCUT2D eigenvalue weighted by Gasteiger charge is -2.23. The van der Waals surface area contributed by atoms with Gasteiger partial charge in [-0.2, -0.15) is 4.31 Å². The average Bonchev–Trinajstić information content (AvgIpc) is 2.35. The van der Waals surface area contributed by atoms with E-state index in [1.807, 2.05) is 0 Å². The SMILES string of the molecule is COc1cc(Br)cc(S(=O)(=O)N(C)C(C)CN)c1.Cl. The molecule has 0 spiro atoms. The first-order chi connectivity index (χ1) is 8.32. The Morgan fingerprint density at radius 1 is 1.42 bits per heavy atom.